The van der Waals surface area contributed by atoms with Crippen LogP contribution < -0.4 is 4.74 Å². The average Bonchev–Trinajstić information content (AvgIpc) is 2.79. The lowest BCUT2D eigenvalue weighted by molar-refractivity contribution is -0.148. The topological polar surface area (TPSA) is 96.0 Å². The second-order valence-corrected chi connectivity index (χ2v) is 10.1. The summed E-state index contributed by atoms with van der Waals surface area (Å²) in [6.07, 6.45) is 1.81. The minimum Gasteiger partial charge on any atom is -0.492 e. The molecule has 0 N–H and O–H groups in total. The summed E-state index contributed by atoms with van der Waals surface area (Å²) >= 11 is 0. The summed E-state index contributed by atoms with van der Waals surface area (Å²) in [6, 6.07) is 14.5. The maximum absolute atomic E-state index is 12.9. The molecule has 0 bridgehead atoms. The number of ether oxygens (including phenoxy) is 2. The molecule has 3 unspecified atom stereocenters. The van der Waals surface area contributed by atoms with E-state index in [1.165, 1.54) is 6.07 Å². The molecule has 7 nitrogen and oxygen atoms in total. The van der Waals surface area contributed by atoms with E-state index >= 15 is 0 Å². The molecule has 0 heterocycles. The van der Waals surface area contributed by atoms with Crippen molar-refractivity contribution in [2.24, 2.45) is 5.92 Å². The Kier molecular flexibility index (Phi) is 11.0. The van der Waals surface area contributed by atoms with Crippen molar-refractivity contribution < 1.29 is 31.4 Å². The van der Waals surface area contributed by atoms with E-state index < -0.39 is 42.7 Å². The number of carbonyl (C=O) groups excluding carboxylic acids is 1. The monoisotopic (exact) mass is 495 g/mol. The molecule has 0 aliphatic heterocycles. The van der Waals surface area contributed by atoms with E-state index in [-0.39, 0.29) is 17.3 Å². The first kappa shape index (κ1) is 27.0. The highest BCUT2D eigenvalue weighted by molar-refractivity contribution is 7.86. The fourth-order valence-corrected chi connectivity index (χ4v) is 5.24. The van der Waals surface area contributed by atoms with Crippen LogP contribution in [0.5, 0.6) is 5.75 Å². The van der Waals surface area contributed by atoms with Crippen LogP contribution in [-0.2, 0) is 34.8 Å². The van der Waals surface area contributed by atoms with Gasteiger partial charge in [-0.05, 0) is 63.3 Å². The molecule has 2 aromatic rings. The molecular formula is C24H32O7PS+. The Bertz CT molecular complexity index is 1010. The molecule has 180 valence electrons. The van der Waals surface area contributed by atoms with Gasteiger partial charge >= 0.3 is 24.5 Å². The first-order chi connectivity index (χ1) is 15.8. The number of aryl methyl sites for hydroxylation is 2. The molecule has 0 aromatic heterocycles. The summed E-state index contributed by atoms with van der Waals surface area (Å²) in [5.74, 6) is -1.03. The second-order valence-electron chi connectivity index (χ2n) is 7.58. The molecule has 9 heteroatoms. The predicted molar refractivity (Wildman–Crippen MR) is 128 cm³/mol. The maximum atomic E-state index is 12.9. The van der Waals surface area contributed by atoms with Gasteiger partial charge in [0.25, 0.3) is 0 Å². The number of hydrogen-bond donors (Lipinski definition) is 0. The predicted octanol–water partition coefficient (Wildman–Crippen LogP) is 4.69. The Balaban J connectivity index is 2.13. The number of benzene rings is 2. The van der Waals surface area contributed by atoms with Crippen molar-refractivity contribution in [2.45, 2.75) is 50.6 Å². The minimum atomic E-state index is -4.18. The van der Waals surface area contributed by atoms with Gasteiger partial charge in [0.1, 0.15) is 23.2 Å². The van der Waals surface area contributed by atoms with Crippen LogP contribution >= 0.6 is 8.46 Å². The highest BCUT2D eigenvalue weighted by Gasteiger charge is 2.37. The third-order valence-corrected chi connectivity index (χ3v) is 7.32. The van der Waals surface area contributed by atoms with Crippen molar-refractivity contribution in [1.29, 1.82) is 0 Å². The largest absolute Gasteiger partial charge is 0.492 e. The van der Waals surface area contributed by atoms with E-state index in [1.54, 1.807) is 26.0 Å². The van der Waals surface area contributed by atoms with Crippen molar-refractivity contribution in [3.05, 3.63) is 59.7 Å². The second kappa shape index (κ2) is 13.4. The zero-order valence-electron chi connectivity index (χ0n) is 19.3. The molecule has 0 saturated carbocycles. The quantitative estimate of drug-likeness (QED) is 0.213. The molecule has 0 fully saturated rings. The van der Waals surface area contributed by atoms with Gasteiger partial charge in [0.05, 0.1) is 13.2 Å². The van der Waals surface area contributed by atoms with Gasteiger partial charge in [0.2, 0.25) is 0 Å². The molecule has 2 aromatic carbocycles. The molecule has 3 atom stereocenters. The maximum Gasteiger partial charge on any atom is 0.331 e. The molecule has 0 saturated heterocycles. The molecule has 0 spiro atoms. The summed E-state index contributed by atoms with van der Waals surface area (Å²) in [6.45, 7) is 5.37. The van der Waals surface area contributed by atoms with Gasteiger partial charge in [-0.2, -0.15) is 8.42 Å². The smallest absolute Gasteiger partial charge is 0.331 e. The van der Waals surface area contributed by atoms with E-state index in [9.17, 15) is 17.8 Å². The molecule has 0 aliphatic carbocycles. The normalized spacial score (nSPS) is 13.4. The lowest BCUT2D eigenvalue weighted by Gasteiger charge is -2.18. The standard InChI is InChI=1S/C24H31O7PS/c1-4-29-21-16-18(3)14-15-23(21)33(27,28)31-17-22(32-26)20(24(25)30-5-2)13-9-12-19-10-7-6-8-11-19/h6-8,10-11,14-16,20,22H,4-5,9,12-13,17H2,1-3H3/p+1. The van der Waals surface area contributed by atoms with Gasteiger partial charge in [-0.15, -0.1) is 0 Å². The molecule has 0 aliphatic rings. The highest BCUT2D eigenvalue weighted by atomic mass is 32.2. The molecular weight excluding hydrogens is 463 g/mol. The van der Waals surface area contributed by atoms with Crippen LogP contribution in [0.4, 0.5) is 0 Å². The summed E-state index contributed by atoms with van der Waals surface area (Å²) in [7, 11) is -5.11. The lowest BCUT2D eigenvalue weighted by atomic mass is 9.96. The van der Waals surface area contributed by atoms with Crippen LogP contribution in [0.15, 0.2) is 53.4 Å². The van der Waals surface area contributed by atoms with Crippen LogP contribution in [0.1, 0.15) is 37.8 Å². The van der Waals surface area contributed by atoms with Crippen molar-refractivity contribution >= 4 is 24.5 Å². The van der Waals surface area contributed by atoms with E-state index in [4.69, 9.17) is 13.7 Å². The Morgan fingerprint density at radius 3 is 2.42 bits per heavy atom. The summed E-state index contributed by atoms with van der Waals surface area (Å²) in [5.41, 5.74) is 1.16. The van der Waals surface area contributed by atoms with Crippen LogP contribution in [-0.4, -0.2) is 39.9 Å². The first-order valence-corrected chi connectivity index (χ1v) is 13.4. The highest BCUT2D eigenvalue weighted by Crippen LogP contribution is 2.30. The lowest BCUT2D eigenvalue weighted by Crippen LogP contribution is -2.31. The third kappa shape index (κ3) is 8.22. The Labute approximate surface area is 197 Å². The van der Waals surface area contributed by atoms with Gasteiger partial charge in [-0.25, -0.2) is 0 Å². The molecule has 2 rings (SSSR count). The Morgan fingerprint density at radius 2 is 1.79 bits per heavy atom. The van der Waals surface area contributed by atoms with Crippen LogP contribution in [0.3, 0.4) is 0 Å². The fraction of sp³-hybridized carbons (Fsp3) is 0.458. The van der Waals surface area contributed by atoms with Gasteiger partial charge in [-0.3, -0.25) is 8.98 Å². The summed E-state index contributed by atoms with van der Waals surface area (Å²) in [4.78, 5) is 12.5. The summed E-state index contributed by atoms with van der Waals surface area (Å²) in [5, 5.41) is 0. The number of esters is 1. The zero-order chi connectivity index (χ0) is 24.3. The average molecular weight is 496 g/mol. The van der Waals surface area contributed by atoms with Crippen LogP contribution in [0.2, 0.25) is 0 Å². The van der Waals surface area contributed by atoms with E-state index in [0.29, 0.717) is 19.4 Å². The van der Waals surface area contributed by atoms with Crippen LogP contribution in [0, 0.1) is 12.8 Å². The molecule has 33 heavy (non-hydrogen) atoms. The Morgan fingerprint density at radius 1 is 1.06 bits per heavy atom. The van der Waals surface area contributed by atoms with E-state index in [2.05, 4.69) is 0 Å². The SMILES string of the molecule is CCOC(=O)C(CCCc1ccccc1)C(COS(=O)(=O)c1ccc(C)cc1OCC)[PH+]=O. The van der Waals surface area contributed by atoms with Crippen molar-refractivity contribution in [2.75, 3.05) is 19.8 Å². The van der Waals surface area contributed by atoms with Crippen molar-refractivity contribution in [1.82, 2.24) is 0 Å². The van der Waals surface area contributed by atoms with Gasteiger partial charge in [-0.1, -0.05) is 41.0 Å². The minimum absolute atomic E-state index is 0.0975. The van der Waals surface area contributed by atoms with Crippen LogP contribution in [0.25, 0.3) is 0 Å². The van der Waals surface area contributed by atoms with E-state index in [0.717, 1.165) is 17.5 Å². The van der Waals surface area contributed by atoms with Crippen molar-refractivity contribution in [3.63, 3.8) is 0 Å². The number of carbonyl (C=O) groups is 1. The van der Waals surface area contributed by atoms with E-state index in [1.807, 2.05) is 37.3 Å². The first-order valence-electron chi connectivity index (χ1n) is 11.0. The number of hydrogen-bond acceptors (Lipinski definition) is 7. The Hall–Kier alpha value is -2.28. The third-order valence-electron chi connectivity index (χ3n) is 5.12. The van der Waals surface area contributed by atoms with Gasteiger partial charge in [0, 0.05) is 0 Å². The van der Waals surface area contributed by atoms with Gasteiger partial charge < -0.3 is 9.47 Å². The molecule has 0 amide bonds. The van der Waals surface area contributed by atoms with Crippen molar-refractivity contribution in [3.8, 4) is 5.75 Å². The number of rotatable bonds is 14. The van der Waals surface area contributed by atoms with Gasteiger partial charge in [0.15, 0.2) is 5.66 Å². The fourth-order valence-electron chi connectivity index (χ4n) is 3.45. The molecule has 0 radical (unpaired) electrons. The summed E-state index contributed by atoms with van der Waals surface area (Å²) < 4.78 is 53.6. The zero-order valence-corrected chi connectivity index (χ0v) is 21.1.